The summed E-state index contributed by atoms with van der Waals surface area (Å²) < 4.78 is 12.2. The Morgan fingerprint density at radius 2 is 1.83 bits per heavy atom. The second-order valence-corrected chi connectivity index (χ2v) is 12.3. The summed E-state index contributed by atoms with van der Waals surface area (Å²) in [6.45, 7) is 15.6. The molecule has 1 N–H and O–H groups in total. The SMILES string of the molecule is C=CC[C@@H](O)[C@@H](CO[Si](C)(C)C(C)(C)C)OCc1ccccc1. The van der Waals surface area contributed by atoms with E-state index in [2.05, 4.69) is 40.4 Å². The van der Waals surface area contributed by atoms with Crippen molar-refractivity contribution in [2.45, 2.75) is 64.1 Å². The molecule has 4 heteroatoms. The summed E-state index contributed by atoms with van der Waals surface area (Å²) in [5.41, 5.74) is 1.09. The number of hydrogen-bond donors (Lipinski definition) is 1. The minimum atomic E-state index is -1.86. The van der Waals surface area contributed by atoms with Crippen LogP contribution in [0.2, 0.25) is 18.1 Å². The fourth-order valence-electron chi connectivity index (χ4n) is 1.88. The maximum absolute atomic E-state index is 10.3. The van der Waals surface area contributed by atoms with Gasteiger partial charge >= 0.3 is 0 Å². The predicted octanol–water partition coefficient (Wildman–Crippen LogP) is 4.53. The number of aliphatic hydroxyl groups excluding tert-OH is 1. The van der Waals surface area contributed by atoms with Crippen LogP contribution in [-0.2, 0) is 15.8 Å². The molecule has 0 saturated carbocycles. The quantitative estimate of drug-likeness (QED) is 0.532. The van der Waals surface area contributed by atoms with Gasteiger partial charge in [-0.2, -0.15) is 0 Å². The Hall–Kier alpha value is -0.943. The molecule has 0 bridgehead atoms. The van der Waals surface area contributed by atoms with Gasteiger partial charge in [0, 0.05) is 0 Å². The third-order valence-corrected chi connectivity index (χ3v) is 9.06. The number of ether oxygens (including phenoxy) is 1. The van der Waals surface area contributed by atoms with E-state index in [1.807, 2.05) is 30.3 Å². The van der Waals surface area contributed by atoms with Crippen LogP contribution in [0.5, 0.6) is 0 Å². The molecule has 23 heavy (non-hydrogen) atoms. The third kappa shape index (κ3) is 6.59. The van der Waals surface area contributed by atoms with Crippen molar-refractivity contribution in [3.8, 4) is 0 Å². The van der Waals surface area contributed by atoms with Gasteiger partial charge < -0.3 is 14.3 Å². The Balaban J connectivity index is 2.67. The highest BCUT2D eigenvalue weighted by Crippen LogP contribution is 2.36. The Bertz CT molecular complexity index is 465. The number of hydrogen-bond acceptors (Lipinski definition) is 3. The molecule has 1 aromatic rings. The van der Waals surface area contributed by atoms with Crippen molar-refractivity contribution >= 4 is 8.32 Å². The van der Waals surface area contributed by atoms with Crippen molar-refractivity contribution in [1.82, 2.24) is 0 Å². The van der Waals surface area contributed by atoms with Gasteiger partial charge in [-0.15, -0.1) is 6.58 Å². The van der Waals surface area contributed by atoms with E-state index >= 15 is 0 Å². The van der Waals surface area contributed by atoms with Crippen LogP contribution in [0.15, 0.2) is 43.0 Å². The second-order valence-electron chi connectivity index (χ2n) is 7.50. The summed E-state index contributed by atoms with van der Waals surface area (Å²) in [5, 5.41) is 10.5. The zero-order valence-corrected chi connectivity index (χ0v) is 16.2. The molecular weight excluding hydrogens is 304 g/mol. The third-order valence-electron chi connectivity index (χ3n) is 4.56. The molecule has 0 aliphatic rings. The molecule has 0 heterocycles. The summed E-state index contributed by atoms with van der Waals surface area (Å²) >= 11 is 0. The highest BCUT2D eigenvalue weighted by atomic mass is 28.4. The van der Waals surface area contributed by atoms with Crippen LogP contribution in [0.4, 0.5) is 0 Å². The first kappa shape index (κ1) is 20.1. The van der Waals surface area contributed by atoms with E-state index in [1.165, 1.54) is 0 Å². The summed E-state index contributed by atoms with van der Waals surface area (Å²) in [6, 6.07) is 9.99. The normalized spacial score (nSPS) is 15.2. The van der Waals surface area contributed by atoms with Crippen molar-refractivity contribution in [3.05, 3.63) is 48.6 Å². The molecule has 0 spiro atoms. The van der Waals surface area contributed by atoms with Gasteiger partial charge in [0.15, 0.2) is 8.32 Å². The molecule has 0 aromatic heterocycles. The lowest BCUT2D eigenvalue weighted by atomic mass is 10.1. The molecule has 0 saturated heterocycles. The topological polar surface area (TPSA) is 38.7 Å². The van der Waals surface area contributed by atoms with Crippen molar-refractivity contribution < 1.29 is 14.3 Å². The summed E-state index contributed by atoms with van der Waals surface area (Å²) in [5.74, 6) is 0. The standard InChI is InChI=1S/C19H32O3Si/c1-7-11-17(20)18(15-22-23(5,6)19(2,3)4)21-14-16-12-9-8-10-13-16/h7-10,12-13,17-18,20H,1,11,14-15H2,2-6H3/t17-,18-/m1/s1. The zero-order valence-electron chi connectivity index (χ0n) is 15.2. The van der Waals surface area contributed by atoms with Gasteiger partial charge in [-0.3, -0.25) is 0 Å². The zero-order chi connectivity index (χ0) is 17.5. The fourth-order valence-corrected chi connectivity index (χ4v) is 2.89. The molecule has 0 fully saturated rings. The van der Waals surface area contributed by atoms with Gasteiger partial charge in [-0.25, -0.2) is 0 Å². The lowest BCUT2D eigenvalue weighted by Crippen LogP contribution is -2.45. The monoisotopic (exact) mass is 336 g/mol. The largest absolute Gasteiger partial charge is 0.414 e. The van der Waals surface area contributed by atoms with Crippen molar-refractivity contribution in [2.75, 3.05) is 6.61 Å². The first-order chi connectivity index (χ1) is 10.7. The highest BCUT2D eigenvalue weighted by Gasteiger charge is 2.38. The average Bonchev–Trinajstić information content (AvgIpc) is 2.47. The number of benzene rings is 1. The van der Waals surface area contributed by atoms with E-state index in [1.54, 1.807) is 6.08 Å². The van der Waals surface area contributed by atoms with Gasteiger partial charge in [-0.05, 0) is 30.1 Å². The molecule has 1 aromatic carbocycles. The highest BCUT2D eigenvalue weighted by molar-refractivity contribution is 6.74. The Kier molecular flexibility index (Phi) is 7.68. The van der Waals surface area contributed by atoms with Crippen molar-refractivity contribution in [1.29, 1.82) is 0 Å². The molecule has 0 aliphatic heterocycles. The van der Waals surface area contributed by atoms with Crippen LogP contribution >= 0.6 is 0 Å². The second kappa shape index (κ2) is 8.78. The van der Waals surface area contributed by atoms with E-state index in [-0.39, 0.29) is 11.1 Å². The van der Waals surface area contributed by atoms with Gasteiger partial charge in [0.05, 0.1) is 19.3 Å². The van der Waals surface area contributed by atoms with E-state index in [4.69, 9.17) is 9.16 Å². The van der Waals surface area contributed by atoms with Crippen molar-refractivity contribution in [3.63, 3.8) is 0 Å². The minimum absolute atomic E-state index is 0.139. The minimum Gasteiger partial charge on any atom is -0.414 e. The molecule has 130 valence electrons. The molecule has 0 unspecified atom stereocenters. The maximum atomic E-state index is 10.3. The van der Waals surface area contributed by atoms with E-state index in [0.717, 1.165) is 5.56 Å². The van der Waals surface area contributed by atoms with E-state index in [9.17, 15) is 5.11 Å². The Labute approximate surface area is 142 Å². The van der Waals surface area contributed by atoms with Crippen LogP contribution in [0.25, 0.3) is 0 Å². The van der Waals surface area contributed by atoms with E-state index in [0.29, 0.717) is 19.6 Å². The Morgan fingerprint density at radius 3 is 2.35 bits per heavy atom. The average molecular weight is 337 g/mol. The van der Waals surface area contributed by atoms with Crippen LogP contribution in [0.3, 0.4) is 0 Å². The maximum Gasteiger partial charge on any atom is 0.192 e. The molecule has 0 aliphatic carbocycles. The molecule has 0 amide bonds. The summed E-state index contributed by atoms with van der Waals surface area (Å²) in [6.07, 6.45) is 1.28. The molecule has 2 atom stereocenters. The molecule has 0 radical (unpaired) electrons. The first-order valence-corrected chi connectivity index (χ1v) is 11.2. The fraction of sp³-hybridized carbons (Fsp3) is 0.579. The predicted molar refractivity (Wildman–Crippen MR) is 99.0 cm³/mol. The van der Waals surface area contributed by atoms with Crippen LogP contribution in [0, 0.1) is 0 Å². The van der Waals surface area contributed by atoms with Crippen LogP contribution in [0.1, 0.15) is 32.8 Å². The lowest BCUT2D eigenvalue weighted by Gasteiger charge is -2.37. The van der Waals surface area contributed by atoms with Crippen LogP contribution < -0.4 is 0 Å². The smallest absolute Gasteiger partial charge is 0.192 e. The van der Waals surface area contributed by atoms with Gasteiger partial charge in [-0.1, -0.05) is 57.2 Å². The first-order valence-electron chi connectivity index (χ1n) is 8.26. The van der Waals surface area contributed by atoms with Crippen molar-refractivity contribution in [2.24, 2.45) is 0 Å². The number of aliphatic hydroxyl groups is 1. The van der Waals surface area contributed by atoms with Gasteiger partial charge in [0.1, 0.15) is 6.10 Å². The molecular formula is C19H32O3Si. The molecule has 3 nitrogen and oxygen atoms in total. The lowest BCUT2D eigenvalue weighted by molar-refractivity contribution is -0.0665. The van der Waals surface area contributed by atoms with Crippen LogP contribution in [-0.4, -0.2) is 32.2 Å². The summed E-state index contributed by atoms with van der Waals surface area (Å²) in [4.78, 5) is 0. The van der Waals surface area contributed by atoms with Gasteiger partial charge in [0.2, 0.25) is 0 Å². The summed E-state index contributed by atoms with van der Waals surface area (Å²) in [7, 11) is -1.86. The van der Waals surface area contributed by atoms with E-state index < -0.39 is 14.4 Å². The molecule has 1 rings (SSSR count). The Morgan fingerprint density at radius 1 is 1.22 bits per heavy atom. The van der Waals surface area contributed by atoms with Gasteiger partial charge in [0.25, 0.3) is 0 Å². The number of rotatable bonds is 9.